The molecule has 220 valence electrons. The second kappa shape index (κ2) is 11.4. The van der Waals surface area contributed by atoms with E-state index >= 15 is 0 Å². The van der Waals surface area contributed by atoms with Crippen LogP contribution in [0.15, 0.2) is 164 Å². The fraction of sp³-hybridized carbons (Fsp3) is 0. The van der Waals surface area contributed by atoms with E-state index < -0.39 is 0 Å². The van der Waals surface area contributed by atoms with Crippen LogP contribution in [0.1, 0.15) is 0 Å². The summed E-state index contributed by atoms with van der Waals surface area (Å²) in [7, 11) is 0. The summed E-state index contributed by atoms with van der Waals surface area (Å²) in [5.74, 6) is 1.95. The van der Waals surface area contributed by atoms with E-state index in [0.29, 0.717) is 17.5 Å². The minimum Gasteiger partial charge on any atom is -0.208 e. The Kier molecular flexibility index (Phi) is 6.65. The SMILES string of the molecule is c1ccc(-c2ccc3cccc(-c4nc(-c5ccccc5)nc(-c5cccc(-c6ccc7c(c6)sc6ccccc67)c5)n4)c3c2)cc1. The van der Waals surface area contributed by atoms with Gasteiger partial charge in [-0.25, -0.2) is 15.0 Å². The molecule has 0 amide bonds. The normalized spacial score (nSPS) is 11.4. The molecule has 4 heteroatoms. The third kappa shape index (κ3) is 5.05. The van der Waals surface area contributed by atoms with Crippen molar-refractivity contribution in [2.45, 2.75) is 0 Å². The number of rotatable bonds is 5. The second-order valence-corrected chi connectivity index (χ2v) is 12.8. The molecule has 0 aliphatic carbocycles. The fourth-order valence-electron chi connectivity index (χ4n) is 6.36. The lowest BCUT2D eigenvalue weighted by Crippen LogP contribution is -2.00. The smallest absolute Gasteiger partial charge is 0.164 e. The minimum atomic E-state index is 0.648. The standard InChI is InChI=1S/C43H27N3S/c1-3-11-28(12-4-1)32-22-21-29-15-10-19-37(38(29)26-32)43-45-41(30-13-5-2-6-14-30)44-42(46-43)34-17-9-16-31(25-34)33-23-24-36-35-18-7-8-20-39(35)47-40(36)27-33/h1-27H. The largest absolute Gasteiger partial charge is 0.208 e. The Hall–Kier alpha value is -5.97. The van der Waals surface area contributed by atoms with Gasteiger partial charge in [-0.1, -0.05) is 140 Å². The average Bonchev–Trinajstić information content (AvgIpc) is 3.53. The van der Waals surface area contributed by atoms with Gasteiger partial charge in [0.25, 0.3) is 0 Å². The molecule has 0 bridgehead atoms. The topological polar surface area (TPSA) is 38.7 Å². The summed E-state index contributed by atoms with van der Waals surface area (Å²) < 4.78 is 2.60. The average molecular weight is 618 g/mol. The minimum absolute atomic E-state index is 0.648. The second-order valence-electron chi connectivity index (χ2n) is 11.7. The molecular formula is C43H27N3S. The molecule has 9 rings (SSSR count). The van der Waals surface area contributed by atoms with Crippen LogP contribution in [0, 0.1) is 0 Å². The summed E-state index contributed by atoms with van der Waals surface area (Å²) in [6.07, 6.45) is 0. The summed E-state index contributed by atoms with van der Waals surface area (Å²) >= 11 is 1.84. The van der Waals surface area contributed by atoms with Crippen molar-refractivity contribution in [3.05, 3.63) is 164 Å². The maximum absolute atomic E-state index is 5.15. The van der Waals surface area contributed by atoms with Crippen LogP contribution in [-0.4, -0.2) is 15.0 Å². The number of hydrogen-bond donors (Lipinski definition) is 0. The predicted molar refractivity (Wildman–Crippen MR) is 197 cm³/mol. The lowest BCUT2D eigenvalue weighted by molar-refractivity contribution is 1.08. The summed E-state index contributed by atoms with van der Waals surface area (Å²) in [5, 5.41) is 4.85. The molecule has 0 saturated carbocycles. The van der Waals surface area contributed by atoms with Crippen LogP contribution < -0.4 is 0 Å². The van der Waals surface area contributed by atoms with Gasteiger partial charge < -0.3 is 0 Å². The molecule has 3 nitrogen and oxygen atoms in total. The molecule has 0 radical (unpaired) electrons. The molecule has 2 aromatic heterocycles. The first-order chi connectivity index (χ1) is 23.3. The van der Waals surface area contributed by atoms with Crippen LogP contribution in [0.5, 0.6) is 0 Å². The van der Waals surface area contributed by atoms with E-state index in [4.69, 9.17) is 15.0 Å². The summed E-state index contributed by atoms with van der Waals surface area (Å²) in [4.78, 5) is 15.2. The van der Waals surface area contributed by atoms with Crippen molar-refractivity contribution in [3.8, 4) is 56.4 Å². The lowest BCUT2D eigenvalue weighted by atomic mass is 9.98. The molecule has 0 aliphatic rings. The molecule has 0 unspecified atom stereocenters. The van der Waals surface area contributed by atoms with Gasteiger partial charge in [0.2, 0.25) is 0 Å². The fourth-order valence-corrected chi connectivity index (χ4v) is 7.51. The molecule has 0 N–H and O–H groups in total. The lowest BCUT2D eigenvalue weighted by Gasteiger charge is -2.12. The Bertz CT molecular complexity index is 2570. The van der Waals surface area contributed by atoms with Crippen molar-refractivity contribution >= 4 is 42.3 Å². The van der Waals surface area contributed by atoms with Crippen LogP contribution in [-0.2, 0) is 0 Å². The van der Waals surface area contributed by atoms with Gasteiger partial charge in [0.15, 0.2) is 17.5 Å². The molecule has 47 heavy (non-hydrogen) atoms. The molecule has 2 heterocycles. The first-order valence-electron chi connectivity index (χ1n) is 15.7. The van der Waals surface area contributed by atoms with Gasteiger partial charge in [-0.3, -0.25) is 0 Å². The third-order valence-electron chi connectivity index (χ3n) is 8.73. The maximum Gasteiger partial charge on any atom is 0.164 e. The maximum atomic E-state index is 5.15. The van der Waals surface area contributed by atoms with Crippen molar-refractivity contribution in [1.29, 1.82) is 0 Å². The van der Waals surface area contributed by atoms with Gasteiger partial charge in [-0.05, 0) is 57.3 Å². The molecular weight excluding hydrogens is 591 g/mol. The van der Waals surface area contributed by atoms with Crippen LogP contribution >= 0.6 is 11.3 Å². The highest BCUT2D eigenvalue weighted by Crippen LogP contribution is 2.37. The van der Waals surface area contributed by atoms with Gasteiger partial charge in [0.05, 0.1) is 0 Å². The number of nitrogens with zero attached hydrogens (tertiary/aromatic N) is 3. The van der Waals surface area contributed by atoms with E-state index in [-0.39, 0.29) is 0 Å². The van der Waals surface area contributed by atoms with E-state index in [2.05, 4.69) is 140 Å². The highest BCUT2D eigenvalue weighted by molar-refractivity contribution is 7.25. The molecule has 0 atom stereocenters. The molecule has 0 aliphatic heterocycles. The van der Waals surface area contributed by atoms with Gasteiger partial charge in [-0.15, -0.1) is 11.3 Å². The van der Waals surface area contributed by atoms with E-state index in [1.54, 1.807) is 0 Å². The molecule has 7 aromatic carbocycles. The summed E-state index contributed by atoms with van der Waals surface area (Å²) in [6, 6.07) is 57.5. The predicted octanol–water partition coefficient (Wildman–Crippen LogP) is 11.7. The van der Waals surface area contributed by atoms with Crippen LogP contribution in [0.4, 0.5) is 0 Å². The highest BCUT2D eigenvalue weighted by Gasteiger charge is 2.16. The first-order valence-corrected chi connectivity index (χ1v) is 16.5. The van der Waals surface area contributed by atoms with Crippen LogP contribution in [0.3, 0.4) is 0 Å². The number of thiophene rings is 1. The van der Waals surface area contributed by atoms with Crippen molar-refractivity contribution in [3.63, 3.8) is 0 Å². The Balaban J connectivity index is 1.20. The van der Waals surface area contributed by atoms with Crippen molar-refractivity contribution < 1.29 is 0 Å². The van der Waals surface area contributed by atoms with Gasteiger partial charge in [0, 0.05) is 36.9 Å². The number of hydrogen-bond acceptors (Lipinski definition) is 4. The van der Waals surface area contributed by atoms with Gasteiger partial charge >= 0.3 is 0 Å². The van der Waals surface area contributed by atoms with Crippen molar-refractivity contribution in [2.24, 2.45) is 0 Å². The summed E-state index contributed by atoms with van der Waals surface area (Å²) in [5.41, 5.74) is 7.52. The zero-order valence-corrected chi connectivity index (χ0v) is 26.2. The highest BCUT2D eigenvalue weighted by atomic mass is 32.1. The van der Waals surface area contributed by atoms with Gasteiger partial charge in [0.1, 0.15) is 0 Å². The van der Waals surface area contributed by atoms with E-state index in [1.807, 2.05) is 35.6 Å². The Morgan fingerprint density at radius 3 is 1.77 bits per heavy atom. The first kappa shape index (κ1) is 27.3. The Morgan fingerprint density at radius 2 is 0.915 bits per heavy atom. The Morgan fingerprint density at radius 1 is 0.319 bits per heavy atom. The van der Waals surface area contributed by atoms with Crippen molar-refractivity contribution in [2.75, 3.05) is 0 Å². The summed E-state index contributed by atoms with van der Waals surface area (Å²) in [6.45, 7) is 0. The quantitative estimate of drug-likeness (QED) is 0.193. The van der Waals surface area contributed by atoms with Crippen LogP contribution in [0.25, 0.3) is 87.4 Å². The van der Waals surface area contributed by atoms with E-state index in [1.165, 1.54) is 31.3 Å². The van der Waals surface area contributed by atoms with E-state index in [0.717, 1.165) is 38.6 Å². The molecule has 0 fully saturated rings. The molecule has 0 saturated heterocycles. The Labute approximate surface area is 276 Å². The number of fused-ring (bicyclic) bond motifs is 4. The third-order valence-corrected chi connectivity index (χ3v) is 9.86. The number of benzene rings is 7. The van der Waals surface area contributed by atoms with Crippen molar-refractivity contribution in [1.82, 2.24) is 15.0 Å². The van der Waals surface area contributed by atoms with Crippen LogP contribution in [0.2, 0.25) is 0 Å². The molecule has 0 spiro atoms. The number of aromatic nitrogens is 3. The zero-order valence-electron chi connectivity index (χ0n) is 25.3. The van der Waals surface area contributed by atoms with E-state index in [9.17, 15) is 0 Å². The zero-order chi connectivity index (χ0) is 31.2. The monoisotopic (exact) mass is 617 g/mol. The van der Waals surface area contributed by atoms with Gasteiger partial charge in [-0.2, -0.15) is 0 Å². The molecule has 9 aromatic rings.